The van der Waals surface area contributed by atoms with Gasteiger partial charge in [-0.15, -0.1) is 0 Å². The van der Waals surface area contributed by atoms with Gasteiger partial charge in [0.2, 0.25) is 0 Å². The van der Waals surface area contributed by atoms with Crippen molar-refractivity contribution in [2.75, 3.05) is 19.8 Å². The molecule has 3 atom stereocenters. The molecule has 0 spiro atoms. The zero-order valence-corrected chi connectivity index (χ0v) is 7.27. The maximum absolute atomic E-state index is 9.45. The van der Waals surface area contributed by atoms with Gasteiger partial charge in [0.1, 0.15) is 0 Å². The first-order valence-corrected chi connectivity index (χ1v) is 4.30. The molecular formula is C8H16O4. The molecule has 0 radical (unpaired) electrons. The number of hydrogen-bond acceptors (Lipinski definition) is 4. The third-order valence-electron chi connectivity index (χ3n) is 2.06. The zero-order valence-electron chi connectivity index (χ0n) is 7.27. The Kier molecular flexibility index (Phi) is 3.94. The molecule has 2 N–H and O–H groups in total. The maximum atomic E-state index is 9.45. The van der Waals surface area contributed by atoms with Crippen molar-refractivity contribution in [2.45, 2.75) is 25.7 Å². The van der Waals surface area contributed by atoms with Crippen molar-refractivity contribution >= 4 is 0 Å². The van der Waals surface area contributed by atoms with Crippen LogP contribution in [0.25, 0.3) is 0 Å². The summed E-state index contributed by atoms with van der Waals surface area (Å²) in [5, 5.41) is 18.2. The van der Waals surface area contributed by atoms with Crippen LogP contribution in [0.4, 0.5) is 0 Å². The molecule has 1 heterocycles. The van der Waals surface area contributed by atoms with Crippen LogP contribution in [0.3, 0.4) is 0 Å². The summed E-state index contributed by atoms with van der Waals surface area (Å²) < 4.78 is 10.4. The van der Waals surface area contributed by atoms with Crippen molar-refractivity contribution in [3.63, 3.8) is 0 Å². The molecule has 1 aliphatic rings. The molecule has 1 aliphatic heterocycles. The van der Waals surface area contributed by atoms with Crippen LogP contribution in [-0.4, -0.2) is 42.4 Å². The first-order valence-electron chi connectivity index (χ1n) is 4.30. The molecule has 1 fully saturated rings. The fourth-order valence-corrected chi connectivity index (χ4v) is 1.28. The lowest BCUT2D eigenvalue weighted by molar-refractivity contribution is -0.204. The lowest BCUT2D eigenvalue weighted by Crippen LogP contribution is -2.40. The largest absolute Gasteiger partial charge is 0.396 e. The monoisotopic (exact) mass is 176 g/mol. The Balaban J connectivity index is 2.30. The standard InChI is InChI=1S/C8H16O4/c1-2-11-8-3-7(10)6(4-9)5-12-8/h6-10H,2-5H2,1H3/t6-,7+,8-/m0/s1. The van der Waals surface area contributed by atoms with Gasteiger partial charge in [-0.25, -0.2) is 0 Å². The van der Waals surface area contributed by atoms with Gasteiger partial charge in [0.25, 0.3) is 0 Å². The summed E-state index contributed by atoms with van der Waals surface area (Å²) in [6, 6.07) is 0. The summed E-state index contributed by atoms with van der Waals surface area (Å²) in [6.07, 6.45) is -0.341. The van der Waals surface area contributed by atoms with Gasteiger partial charge < -0.3 is 19.7 Å². The number of aliphatic hydroxyl groups is 2. The predicted octanol–water partition coefficient (Wildman–Crippen LogP) is -0.261. The Bertz CT molecular complexity index is 128. The van der Waals surface area contributed by atoms with E-state index in [1.165, 1.54) is 0 Å². The summed E-state index contributed by atoms with van der Waals surface area (Å²) in [5.41, 5.74) is 0. The van der Waals surface area contributed by atoms with E-state index in [0.29, 0.717) is 19.6 Å². The quantitative estimate of drug-likeness (QED) is 0.622. The first-order chi connectivity index (χ1) is 5.77. The fraction of sp³-hybridized carbons (Fsp3) is 1.00. The molecule has 0 unspecified atom stereocenters. The average molecular weight is 176 g/mol. The number of hydrogen-bond donors (Lipinski definition) is 2. The van der Waals surface area contributed by atoms with Crippen molar-refractivity contribution in [1.82, 2.24) is 0 Å². The fourth-order valence-electron chi connectivity index (χ4n) is 1.28. The maximum Gasteiger partial charge on any atom is 0.160 e. The minimum Gasteiger partial charge on any atom is -0.396 e. The molecule has 0 aromatic carbocycles. The lowest BCUT2D eigenvalue weighted by Gasteiger charge is -2.31. The summed E-state index contributed by atoms with van der Waals surface area (Å²) in [5.74, 6) is -0.151. The summed E-state index contributed by atoms with van der Waals surface area (Å²) in [6.45, 7) is 2.82. The minimum absolute atomic E-state index is 0.0278. The van der Waals surface area contributed by atoms with Crippen LogP contribution in [0.5, 0.6) is 0 Å². The van der Waals surface area contributed by atoms with E-state index in [2.05, 4.69) is 0 Å². The average Bonchev–Trinajstić information content (AvgIpc) is 2.05. The van der Waals surface area contributed by atoms with E-state index < -0.39 is 6.10 Å². The molecule has 0 aromatic rings. The minimum atomic E-state index is -0.500. The Morgan fingerprint density at radius 2 is 2.33 bits per heavy atom. The molecule has 0 saturated carbocycles. The summed E-state index contributed by atoms with van der Waals surface area (Å²) in [7, 11) is 0. The van der Waals surface area contributed by atoms with Crippen molar-refractivity contribution < 1.29 is 19.7 Å². The molecule has 0 amide bonds. The molecule has 12 heavy (non-hydrogen) atoms. The van der Waals surface area contributed by atoms with E-state index >= 15 is 0 Å². The number of aliphatic hydroxyl groups excluding tert-OH is 2. The topological polar surface area (TPSA) is 58.9 Å². The summed E-state index contributed by atoms with van der Waals surface area (Å²) in [4.78, 5) is 0. The Hall–Kier alpha value is -0.160. The van der Waals surface area contributed by atoms with Crippen molar-refractivity contribution in [1.29, 1.82) is 0 Å². The third-order valence-corrected chi connectivity index (χ3v) is 2.06. The summed E-state index contributed by atoms with van der Waals surface area (Å²) >= 11 is 0. The highest BCUT2D eigenvalue weighted by molar-refractivity contribution is 4.73. The molecule has 0 aliphatic carbocycles. The van der Waals surface area contributed by atoms with Crippen LogP contribution >= 0.6 is 0 Å². The first kappa shape index (κ1) is 9.92. The van der Waals surface area contributed by atoms with Gasteiger partial charge in [-0.1, -0.05) is 0 Å². The van der Waals surface area contributed by atoms with Crippen LogP contribution in [0.1, 0.15) is 13.3 Å². The smallest absolute Gasteiger partial charge is 0.160 e. The second-order valence-corrected chi connectivity index (χ2v) is 2.96. The zero-order chi connectivity index (χ0) is 8.97. The van der Waals surface area contributed by atoms with Crippen LogP contribution in [0.15, 0.2) is 0 Å². The van der Waals surface area contributed by atoms with E-state index in [9.17, 15) is 5.11 Å². The van der Waals surface area contributed by atoms with Gasteiger partial charge in [0.15, 0.2) is 6.29 Å². The van der Waals surface area contributed by atoms with E-state index in [0.717, 1.165) is 0 Å². The van der Waals surface area contributed by atoms with Gasteiger partial charge in [0, 0.05) is 18.9 Å². The van der Waals surface area contributed by atoms with Gasteiger partial charge in [-0.2, -0.15) is 0 Å². The molecule has 4 nitrogen and oxygen atoms in total. The van der Waals surface area contributed by atoms with Gasteiger partial charge in [-0.3, -0.25) is 0 Å². The second kappa shape index (κ2) is 4.77. The predicted molar refractivity (Wildman–Crippen MR) is 42.6 cm³/mol. The molecule has 1 rings (SSSR count). The Labute approximate surface area is 72.1 Å². The van der Waals surface area contributed by atoms with E-state index in [-0.39, 0.29) is 18.8 Å². The van der Waals surface area contributed by atoms with Gasteiger partial charge >= 0.3 is 0 Å². The van der Waals surface area contributed by atoms with E-state index in [1.807, 2.05) is 6.92 Å². The number of rotatable bonds is 3. The lowest BCUT2D eigenvalue weighted by atomic mass is 9.99. The highest BCUT2D eigenvalue weighted by Gasteiger charge is 2.29. The molecule has 72 valence electrons. The molecule has 1 saturated heterocycles. The van der Waals surface area contributed by atoms with Crippen LogP contribution in [0, 0.1) is 5.92 Å². The Morgan fingerprint density at radius 3 is 2.83 bits per heavy atom. The van der Waals surface area contributed by atoms with E-state index in [4.69, 9.17) is 14.6 Å². The third kappa shape index (κ3) is 2.42. The highest BCUT2D eigenvalue weighted by atomic mass is 16.7. The van der Waals surface area contributed by atoms with Gasteiger partial charge in [-0.05, 0) is 6.92 Å². The van der Waals surface area contributed by atoms with Crippen LogP contribution < -0.4 is 0 Å². The van der Waals surface area contributed by atoms with Gasteiger partial charge in [0.05, 0.1) is 19.3 Å². The van der Waals surface area contributed by atoms with Crippen LogP contribution in [0.2, 0.25) is 0 Å². The number of ether oxygens (including phenoxy) is 2. The molecule has 0 aromatic heterocycles. The Morgan fingerprint density at radius 1 is 1.58 bits per heavy atom. The van der Waals surface area contributed by atoms with Crippen LogP contribution in [-0.2, 0) is 9.47 Å². The molecule has 4 heteroatoms. The van der Waals surface area contributed by atoms with Crippen molar-refractivity contribution in [3.8, 4) is 0 Å². The van der Waals surface area contributed by atoms with Crippen molar-refractivity contribution in [2.24, 2.45) is 5.92 Å². The normalized spacial score (nSPS) is 36.8. The second-order valence-electron chi connectivity index (χ2n) is 2.96. The SMILES string of the molecule is CCO[C@@H]1C[C@@H](O)[C@@H](CO)CO1. The molecule has 0 bridgehead atoms. The highest BCUT2D eigenvalue weighted by Crippen LogP contribution is 2.19. The van der Waals surface area contributed by atoms with Crippen molar-refractivity contribution in [3.05, 3.63) is 0 Å². The molecular weight excluding hydrogens is 160 g/mol. The van der Waals surface area contributed by atoms with E-state index in [1.54, 1.807) is 0 Å².